The van der Waals surface area contributed by atoms with Crippen molar-refractivity contribution in [1.29, 1.82) is 0 Å². The molecule has 3 aliphatic rings. The van der Waals surface area contributed by atoms with E-state index in [0.29, 0.717) is 37.1 Å². The molecule has 0 bridgehead atoms. The Hall–Kier alpha value is -1.89. The van der Waals surface area contributed by atoms with Gasteiger partial charge >= 0.3 is 0 Å². The van der Waals surface area contributed by atoms with Gasteiger partial charge in [-0.2, -0.15) is 0 Å². The summed E-state index contributed by atoms with van der Waals surface area (Å²) in [6, 6.07) is 0.442. The summed E-state index contributed by atoms with van der Waals surface area (Å²) < 4.78 is 10.4. The molecule has 3 fully saturated rings. The fourth-order valence-electron chi connectivity index (χ4n) is 4.50. The summed E-state index contributed by atoms with van der Waals surface area (Å²) >= 11 is 0. The van der Waals surface area contributed by atoms with Crippen LogP contribution in [-0.4, -0.2) is 59.6 Å². The van der Waals surface area contributed by atoms with Gasteiger partial charge < -0.3 is 19.1 Å². The predicted octanol–water partition coefficient (Wildman–Crippen LogP) is 2.14. The summed E-state index contributed by atoms with van der Waals surface area (Å²) in [7, 11) is 1.60. The molecule has 0 radical (unpaired) electrons. The Morgan fingerprint density at radius 1 is 1.35 bits per heavy atom. The maximum absolute atomic E-state index is 13.1. The van der Waals surface area contributed by atoms with E-state index in [1.165, 1.54) is 0 Å². The molecule has 4 rings (SSSR count). The maximum atomic E-state index is 13.1. The van der Waals surface area contributed by atoms with Gasteiger partial charge in [0.2, 0.25) is 5.91 Å². The van der Waals surface area contributed by atoms with Crippen LogP contribution in [0, 0.1) is 12.3 Å². The van der Waals surface area contributed by atoms with E-state index in [4.69, 9.17) is 9.26 Å². The molecule has 2 saturated heterocycles. The van der Waals surface area contributed by atoms with Crippen LogP contribution in [0.4, 0.5) is 0 Å². The lowest BCUT2D eigenvalue weighted by molar-refractivity contribution is -0.139. The third-order valence-electron chi connectivity index (χ3n) is 6.11. The molecule has 0 aromatic carbocycles. The number of amides is 2. The van der Waals surface area contributed by atoms with Crippen LogP contribution in [0.2, 0.25) is 0 Å². The van der Waals surface area contributed by atoms with E-state index in [9.17, 15) is 9.59 Å². The number of hydrogen-bond acceptors (Lipinski definition) is 5. The molecule has 1 atom stereocenters. The van der Waals surface area contributed by atoms with Crippen molar-refractivity contribution in [3.8, 4) is 0 Å². The zero-order chi connectivity index (χ0) is 18.3. The molecule has 1 aromatic rings. The minimum Gasteiger partial charge on any atom is -0.380 e. The van der Waals surface area contributed by atoms with Crippen LogP contribution >= 0.6 is 0 Å². The number of aryl methyl sites for hydroxylation is 1. The molecule has 3 heterocycles. The van der Waals surface area contributed by atoms with Crippen LogP contribution in [0.25, 0.3) is 0 Å². The van der Waals surface area contributed by atoms with Gasteiger partial charge in [0.25, 0.3) is 5.91 Å². The molecule has 2 aliphatic heterocycles. The second kappa shape index (κ2) is 6.68. The van der Waals surface area contributed by atoms with Gasteiger partial charge in [0.05, 0.1) is 12.2 Å². The van der Waals surface area contributed by atoms with Gasteiger partial charge in [-0.25, -0.2) is 0 Å². The molecule has 1 aromatic heterocycles. The van der Waals surface area contributed by atoms with E-state index in [0.717, 1.165) is 50.8 Å². The maximum Gasteiger partial charge on any atom is 0.276 e. The van der Waals surface area contributed by atoms with E-state index >= 15 is 0 Å². The number of aromatic nitrogens is 1. The van der Waals surface area contributed by atoms with E-state index < -0.39 is 0 Å². The van der Waals surface area contributed by atoms with Crippen LogP contribution in [0.3, 0.4) is 0 Å². The van der Waals surface area contributed by atoms with Crippen molar-refractivity contribution in [2.75, 3.05) is 26.7 Å². The Balaban J connectivity index is 1.51. The van der Waals surface area contributed by atoms with Crippen LogP contribution in [0.1, 0.15) is 60.3 Å². The summed E-state index contributed by atoms with van der Waals surface area (Å²) in [5, 5.41) is 4.00. The van der Waals surface area contributed by atoms with Crippen LogP contribution < -0.4 is 0 Å². The number of likely N-dealkylation sites (tertiary alicyclic amines) is 2. The molecule has 1 spiro atoms. The number of methoxy groups -OCH3 is 1. The Bertz CT molecular complexity index is 712. The first kappa shape index (κ1) is 17.5. The second-order valence-corrected chi connectivity index (χ2v) is 8.08. The summed E-state index contributed by atoms with van der Waals surface area (Å²) in [4.78, 5) is 29.3. The van der Waals surface area contributed by atoms with E-state index in [-0.39, 0.29) is 17.2 Å². The third kappa shape index (κ3) is 3.13. The minimum absolute atomic E-state index is 0.0324. The highest BCUT2D eigenvalue weighted by Crippen LogP contribution is 2.42. The minimum atomic E-state index is -0.0807. The number of rotatable bonds is 4. The topological polar surface area (TPSA) is 75.9 Å². The largest absolute Gasteiger partial charge is 0.380 e. The molecule has 1 aliphatic carbocycles. The van der Waals surface area contributed by atoms with Gasteiger partial charge in [-0.15, -0.1) is 0 Å². The van der Waals surface area contributed by atoms with Crippen molar-refractivity contribution in [1.82, 2.24) is 15.0 Å². The SMILES string of the molecule is COCc1c(C(=O)N2CCC[C@]3(CCC(=O)N(C4CC4)C3)C2)noc1C. The summed E-state index contributed by atoms with van der Waals surface area (Å²) in [6.45, 7) is 4.34. The smallest absolute Gasteiger partial charge is 0.276 e. The molecular weight excluding hydrogens is 334 g/mol. The first-order valence-corrected chi connectivity index (χ1v) is 9.56. The zero-order valence-corrected chi connectivity index (χ0v) is 15.6. The second-order valence-electron chi connectivity index (χ2n) is 8.08. The first-order valence-electron chi connectivity index (χ1n) is 9.56. The number of nitrogens with zero attached hydrogens (tertiary/aromatic N) is 3. The molecule has 1 saturated carbocycles. The fourth-order valence-corrected chi connectivity index (χ4v) is 4.50. The van der Waals surface area contributed by atoms with Crippen LogP contribution in [-0.2, 0) is 16.1 Å². The molecular formula is C19H27N3O4. The lowest BCUT2D eigenvalue weighted by atomic mass is 9.73. The van der Waals surface area contributed by atoms with Gasteiger partial charge in [-0.05, 0) is 39.0 Å². The highest BCUT2D eigenvalue weighted by Gasteiger charge is 2.46. The van der Waals surface area contributed by atoms with Crippen LogP contribution in [0.15, 0.2) is 4.52 Å². The first-order chi connectivity index (χ1) is 12.5. The number of carbonyl (C=O) groups excluding carboxylic acids is 2. The van der Waals surface area contributed by atoms with Gasteiger partial charge in [0, 0.05) is 44.6 Å². The molecule has 142 valence electrons. The van der Waals surface area contributed by atoms with Gasteiger partial charge in [0.1, 0.15) is 5.76 Å². The quantitative estimate of drug-likeness (QED) is 0.821. The molecule has 0 unspecified atom stereocenters. The third-order valence-corrected chi connectivity index (χ3v) is 6.11. The van der Waals surface area contributed by atoms with E-state index in [2.05, 4.69) is 10.1 Å². The van der Waals surface area contributed by atoms with Crippen molar-refractivity contribution in [3.63, 3.8) is 0 Å². The van der Waals surface area contributed by atoms with E-state index in [1.54, 1.807) is 14.0 Å². The average Bonchev–Trinajstić information content (AvgIpc) is 3.42. The molecule has 7 heteroatoms. The van der Waals surface area contributed by atoms with Crippen LogP contribution in [0.5, 0.6) is 0 Å². The Kier molecular flexibility index (Phi) is 4.50. The predicted molar refractivity (Wildman–Crippen MR) is 93.5 cm³/mol. The number of ether oxygens (including phenoxy) is 1. The lowest BCUT2D eigenvalue weighted by Gasteiger charge is -2.48. The summed E-state index contributed by atoms with van der Waals surface area (Å²) in [5.74, 6) is 0.837. The number of carbonyl (C=O) groups is 2. The van der Waals surface area contributed by atoms with Crippen molar-refractivity contribution in [3.05, 3.63) is 17.0 Å². The Morgan fingerprint density at radius 2 is 2.15 bits per heavy atom. The summed E-state index contributed by atoms with van der Waals surface area (Å²) in [6.07, 6.45) is 5.79. The highest BCUT2D eigenvalue weighted by molar-refractivity contribution is 5.94. The summed E-state index contributed by atoms with van der Waals surface area (Å²) in [5.41, 5.74) is 1.13. The van der Waals surface area contributed by atoms with Crippen molar-refractivity contribution in [2.45, 2.75) is 58.1 Å². The Labute approximate surface area is 153 Å². The van der Waals surface area contributed by atoms with Gasteiger partial charge in [-0.1, -0.05) is 5.16 Å². The average molecular weight is 361 g/mol. The van der Waals surface area contributed by atoms with E-state index in [1.807, 2.05) is 4.90 Å². The van der Waals surface area contributed by atoms with Crippen molar-refractivity contribution >= 4 is 11.8 Å². The molecule has 0 N–H and O–H groups in total. The molecule has 26 heavy (non-hydrogen) atoms. The highest BCUT2D eigenvalue weighted by atomic mass is 16.5. The fraction of sp³-hybridized carbons (Fsp3) is 0.737. The Morgan fingerprint density at radius 3 is 2.88 bits per heavy atom. The number of hydrogen-bond donors (Lipinski definition) is 0. The van der Waals surface area contributed by atoms with Crippen molar-refractivity contribution in [2.24, 2.45) is 5.41 Å². The normalized spacial score (nSPS) is 26.6. The zero-order valence-electron chi connectivity index (χ0n) is 15.6. The molecule has 2 amide bonds. The number of piperidine rings is 2. The lowest BCUT2D eigenvalue weighted by Crippen LogP contribution is -2.55. The van der Waals surface area contributed by atoms with Gasteiger partial charge in [0.15, 0.2) is 5.69 Å². The van der Waals surface area contributed by atoms with Crippen molar-refractivity contribution < 1.29 is 18.8 Å². The monoisotopic (exact) mass is 361 g/mol. The standard InChI is InChI=1S/C19H27N3O4/c1-13-15(10-25-2)17(20-26-13)18(24)21-9-3-7-19(11-21)8-6-16(23)22(12-19)14-4-5-14/h14H,3-12H2,1-2H3/t19-/m0/s1. The molecule has 7 nitrogen and oxygen atoms in total. The van der Waals surface area contributed by atoms with Gasteiger partial charge in [-0.3, -0.25) is 9.59 Å².